The Balaban J connectivity index is 2.15. The first-order chi connectivity index (χ1) is 9.89. The van der Waals surface area contributed by atoms with Crippen LogP contribution in [0.4, 0.5) is 0 Å². The van der Waals surface area contributed by atoms with Gasteiger partial charge in [-0.15, -0.1) is 11.8 Å². The number of nitrogens with one attached hydrogen (secondary N) is 1. The van der Waals surface area contributed by atoms with E-state index >= 15 is 0 Å². The molecule has 1 aromatic carbocycles. The van der Waals surface area contributed by atoms with Crippen LogP contribution in [0, 0.1) is 0 Å². The number of hydrogen-bond donors (Lipinski definition) is 3. The fourth-order valence-corrected chi connectivity index (χ4v) is 2.58. The van der Waals surface area contributed by atoms with Crippen molar-refractivity contribution < 1.29 is 19.8 Å². The van der Waals surface area contributed by atoms with Gasteiger partial charge < -0.3 is 15.5 Å². The molecule has 1 atom stereocenters. The summed E-state index contributed by atoms with van der Waals surface area (Å²) in [5.41, 5.74) is -1.42. The van der Waals surface area contributed by atoms with E-state index in [9.17, 15) is 14.7 Å². The van der Waals surface area contributed by atoms with Gasteiger partial charge in [0.15, 0.2) is 0 Å². The number of carbonyl (C=O) groups is 2. The summed E-state index contributed by atoms with van der Waals surface area (Å²) in [5, 5.41) is 20.9. The van der Waals surface area contributed by atoms with Gasteiger partial charge in [-0.2, -0.15) is 0 Å². The van der Waals surface area contributed by atoms with Crippen molar-refractivity contribution in [2.75, 3.05) is 12.3 Å². The van der Waals surface area contributed by atoms with Crippen LogP contribution in [-0.4, -0.2) is 40.0 Å². The SMILES string of the molecule is CC(O)(CNC(=O)CCCSc1ccccc1)CC(=O)O. The Labute approximate surface area is 128 Å². The molecule has 1 amide bonds. The number of benzene rings is 1. The summed E-state index contributed by atoms with van der Waals surface area (Å²) < 4.78 is 0. The maximum Gasteiger partial charge on any atom is 0.306 e. The minimum Gasteiger partial charge on any atom is -0.481 e. The Kier molecular flexibility index (Phi) is 7.25. The van der Waals surface area contributed by atoms with Gasteiger partial charge in [-0.25, -0.2) is 0 Å². The Morgan fingerprint density at radius 3 is 2.57 bits per heavy atom. The first-order valence-corrected chi connectivity index (χ1v) is 7.76. The Morgan fingerprint density at radius 2 is 1.95 bits per heavy atom. The Bertz CT molecular complexity index is 462. The van der Waals surface area contributed by atoms with E-state index in [-0.39, 0.29) is 12.5 Å². The maximum atomic E-state index is 11.6. The van der Waals surface area contributed by atoms with Crippen LogP contribution in [0.1, 0.15) is 26.2 Å². The average molecular weight is 311 g/mol. The van der Waals surface area contributed by atoms with E-state index in [0.29, 0.717) is 6.42 Å². The minimum atomic E-state index is -1.42. The quantitative estimate of drug-likeness (QED) is 0.479. The van der Waals surface area contributed by atoms with E-state index in [0.717, 1.165) is 12.2 Å². The molecule has 0 aliphatic rings. The molecule has 1 unspecified atom stereocenters. The van der Waals surface area contributed by atoms with Crippen LogP contribution in [0.15, 0.2) is 35.2 Å². The zero-order valence-corrected chi connectivity index (χ0v) is 12.9. The summed E-state index contributed by atoms with van der Waals surface area (Å²) in [4.78, 5) is 23.3. The van der Waals surface area contributed by atoms with Gasteiger partial charge in [-0.1, -0.05) is 18.2 Å². The van der Waals surface area contributed by atoms with E-state index in [1.807, 2.05) is 30.3 Å². The number of amides is 1. The van der Waals surface area contributed by atoms with Crippen molar-refractivity contribution in [3.05, 3.63) is 30.3 Å². The predicted molar refractivity (Wildman–Crippen MR) is 82.3 cm³/mol. The second-order valence-corrected chi connectivity index (χ2v) is 6.28. The number of carboxylic acid groups (broad SMARTS) is 1. The van der Waals surface area contributed by atoms with Gasteiger partial charge in [0.1, 0.15) is 0 Å². The second-order valence-electron chi connectivity index (χ2n) is 5.11. The molecule has 3 N–H and O–H groups in total. The van der Waals surface area contributed by atoms with Gasteiger partial charge in [-0.05, 0) is 31.2 Å². The van der Waals surface area contributed by atoms with Crippen molar-refractivity contribution in [1.82, 2.24) is 5.32 Å². The number of aliphatic hydroxyl groups is 1. The van der Waals surface area contributed by atoms with E-state index in [2.05, 4.69) is 5.32 Å². The molecular formula is C15H21NO4S. The molecule has 0 spiro atoms. The number of hydrogen-bond acceptors (Lipinski definition) is 4. The van der Waals surface area contributed by atoms with E-state index in [4.69, 9.17) is 5.11 Å². The second kappa shape index (κ2) is 8.69. The van der Waals surface area contributed by atoms with Gasteiger partial charge in [0.2, 0.25) is 5.91 Å². The highest BCUT2D eigenvalue weighted by Crippen LogP contribution is 2.18. The number of carboxylic acids is 1. The van der Waals surface area contributed by atoms with Gasteiger partial charge in [0.25, 0.3) is 0 Å². The van der Waals surface area contributed by atoms with Crippen molar-refractivity contribution in [1.29, 1.82) is 0 Å². The lowest BCUT2D eigenvalue weighted by molar-refractivity contribution is -0.142. The van der Waals surface area contributed by atoms with Crippen LogP contribution in [0.5, 0.6) is 0 Å². The molecule has 0 aliphatic carbocycles. The molecule has 21 heavy (non-hydrogen) atoms. The maximum absolute atomic E-state index is 11.6. The molecule has 6 heteroatoms. The van der Waals surface area contributed by atoms with Crippen LogP contribution in [0.2, 0.25) is 0 Å². The normalized spacial score (nSPS) is 13.4. The third-order valence-electron chi connectivity index (χ3n) is 2.76. The van der Waals surface area contributed by atoms with Crippen molar-refractivity contribution >= 4 is 23.6 Å². The number of aliphatic carboxylic acids is 1. The molecule has 1 aromatic rings. The largest absolute Gasteiger partial charge is 0.481 e. The molecule has 0 bridgehead atoms. The average Bonchev–Trinajstić information content (AvgIpc) is 2.41. The van der Waals surface area contributed by atoms with E-state index in [1.54, 1.807) is 11.8 Å². The first-order valence-electron chi connectivity index (χ1n) is 6.78. The van der Waals surface area contributed by atoms with Crippen LogP contribution in [0.25, 0.3) is 0 Å². The lowest BCUT2D eigenvalue weighted by Gasteiger charge is -2.21. The molecule has 0 heterocycles. The van der Waals surface area contributed by atoms with Crippen molar-refractivity contribution in [3.63, 3.8) is 0 Å². The fourth-order valence-electron chi connectivity index (χ4n) is 1.71. The molecular weight excluding hydrogens is 290 g/mol. The molecule has 0 saturated carbocycles. The summed E-state index contributed by atoms with van der Waals surface area (Å²) in [7, 11) is 0. The number of rotatable bonds is 9. The molecule has 116 valence electrons. The molecule has 0 aliphatic heterocycles. The standard InChI is InChI=1S/C15H21NO4S/c1-15(20,10-14(18)19)11-16-13(17)8-5-9-21-12-6-3-2-4-7-12/h2-4,6-7,20H,5,8-11H2,1H3,(H,16,17)(H,18,19). The monoisotopic (exact) mass is 311 g/mol. The van der Waals surface area contributed by atoms with Crippen LogP contribution >= 0.6 is 11.8 Å². The summed E-state index contributed by atoms with van der Waals surface area (Å²) >= 11 is 1.69. The van der Waals surface area contributed by atoms with E-state index in [1.165, 1.54) is 11.8 Å². The third kappa shape index (κ3) is 8.37. The third-order valence-corrected chi connectivity index (χ3v) is 3.86. The first kappa shape index (κ1) is 17.5. The highest BCUT2D eigenvalue weighted by Gasteiger charge is 2.24. The summed E-state index contributed by atoms with van der Waals surface area (Å²) in [6, 6.07) is 9.95. The zero-order valence-electron chi connectivity index (χ0n) is 12.0. The van der Waals surface area contributed by atoms with Crippen LogP contribution in [0.3, 0.4) is 0 Å². The van der Waals surface area contributed by atoms with Crippen LogP contribution < -0.4 is 5.32 Å². The lowest BCUT2D eigenvalue weighted by Crippen LogP contribution is -2.42. The molecule has 5 nitrogen and oxygen atoms in total. The van der Waals surface area contributed by atoms with E-state index < -0.39 is 18.0 Å². The molecule has 0 aromatic heterocycles. The molecule has 0 radical (unpaired) electrons. The fraction of sp³-hybridized carbons (Fsp3) is 0.467. The topological polar surface area (TPSA) is 86.6 Å². The van der Waals surface area contributed by atoms with Crippen molar-refractivity contribution in [2.45, 2.75) is 36.7 Å². The Morgan fingerprint density at radius 1 is 1.29 bits per heavy atom. The van der Waals surface area contributed by atoms with Crippen molar-refractivity contribution in [3.8, 4) is 0 Å². The van der Waals surface area contributed by atoms with Crippen molar-refractivity contribution in [2.24, 2.45) is 0 Å². The number of thioether (sulfide) groups is 1. The summed E-state index contributed by atoms with van der Waals surface area (Å²) in [5.74, 6) is -0.425. The molecule has 0 saturated heterocycles. The van der Waals surface area contributed by atoms with Gasteiger partial charge in [0.05, 0.1) is 12.0 Å². The zero-order chi connectivity index (χ0) is 15.7. The van der Waals surface area contributed by atoms with Gasteiger partial charge >= 0.3 is 5.97 Å². The Hall–Kier alpha value is -1.53. The summed E-state index contributed by atoms with van der Waals surface area (Å²) in [6.07, 6.45) is 0.701. The summed E-state index contributed by atoms with van der Waals surface area (Å²) in [6.45, 7) is 1.34. The lowest BCUT2D eigenvalue weighted by atomic mass is 10.0. The van der Waals surface area contributed by atoms with Crippen LogP contribution in [-0.2, 0) is 9.59 Å². The highest BCUT2D eigenvalue weighted by atomic mass is 32.2. The number of carbonyl (C=O) groups excluding carboxylic acids is 1. The smallest absolute Gasteiger partial charge is 0.306 e. The molecule has 1 rings (SSSR count). The predicted octanol–water partition coefficient (Wildman–Crippen LogP) is 1.90. The van der Waals surface area contributed by atoms with Gasteiger partial charge in [0, 0.05) is 17.9 Å². The molecule has 0 fully saturated rings. The highest BCUT2D eigenvalue weighted by molar-refractivity contribution is 7.99. The minimum absolute atomic E-state index is 0.0516. The van der Waals surface area contributed by atoms with Gasteiger partial charge in [-0.3, -0.25) is 9.59 Å².